The summed E-state index contributed by atoms with van der Waals surface area (Å²) in [6.07, 6.45) is 4.49. The van der Waals surface area contributed by atoms with E-state index >= 15 is 0 Å². The van der Waals surface area contributed by atoms with Crippen molar-refractivity contribution in [2.45, 2.75) is 32.9 Å². The quantitative estimate of drug-likeness (QED) is 0.379. The first-order valence-electron chi connectivity index (χ1n) is 9.06. The number of nitrogens with one attached hydrogen (secondary N) is 2. The topological polar surface area (TPSA) is 79.6 Å². The van der Waals surface area contributed by atoms with Crippen molar-refractivity contribution >= 4 is 5.96 Å². The van der Waals surface area contributed by atoms with Crippen molar-refractivity contribution in [3.8, 4) is 0 Å². The molecular formula is C17H31N7O. The first-order chi connectivity index (χ1) is 12.2. The van der Waals surface area contributed by atoms with E-state index in [0.717, 1.165) is 64.1 Å². The van der Waals surface area contributed by atoms with Crippen LogP contribution in [0.5, 0.6) is 0 Å². The van der Waals surface area contributed by atoms with Crippen molar-refractivity contribution in [2.24, 2.45) is 4.99 Å². The van der Waals surface area contributed by atoms with Gasteiger partial charge in [-0.15, -0.1) is 16.8 Å². The van der Waals surface area contributed by atoms with Crippen molar-refractivity contribution < 1.29 is 4.74 Å². The lowest BCUT2D eigenvalue weighted by molar-refractivity contribution is 0.0220. The largest absolute Gasteiger partial charge is 0.379 e. The minimum atomic E-state index is 0.399. The summed E-state index contributed by atoms with van der Waals surface area (Å²) in [7, 11) is 0. The Balaban J connectivity index is 1.82. The van der Waals surface area contributed by atoms with Gasteiger partial charge in [-0.25, -0.2) is 0 Å². The number of aromatic nitrogens is 3. The molecule has 1 aromatic heterocycles. The standard InChI is InChI=1S/C17H31N7O/c1-4-6-18-17(19-7-8-24-14-21-22-16(24)5-2)20-13-15(3)23-9-11-25-12-10-23/h4,14-15H,1,5-13H2,2-3H3,(H2,18,19,20). The van der Waals surface area contributed by atoms with E-state index in [-0.39, 0.29) is 0 Å². The average Bonchev–Trinajstić information content (AvgIpc) is 3.11. The maximum Gasteiger partial charge on any atom is 0.191 e. The van der Waals surface area contributed by atoms with Gasteiger partial charge in [0.1, 0.15) is 12.2 Å². The number of hydrogen-bond donors (Lipinski definition) is 2. The van der Waals surface area contributed by atoms with Gasteiger partial charge >= 0.3 is 0 Å². The smallest absolute Gasteiger partial charge is 0.191 e. The van der Waals surface area contributed by atoms with Gasteiger partial charge in [0.05, 0.1) is 19.8 Å². The predicted octanol–water partition coefficient (Wildman–Crippen LogP) is 0.282. The number of hydrogen-bond acceptors (Lipinski definition) is 5. The first kappa shape index (κ1) is 19.4. The predicted molar refractivity (Wildman–Crippen MR) is 99.8 cm³/mol. The maximum atomic E-state index is 5.41. The zero-order chi connectivity index (χ0) is 17.9. The minimum absolute atomic E-state index is 0.399. The molecule has 25 heavy (non-hydrogen) atoms. The third-order valence-electron chi connectivity index (χ3n) is 4.25. The molecule has 1 saturated heterocycles. The molecular weight excluding hydrogens is 318 g/mol. The van der Waals surface area contributed by atoms with E-state index in [1.807, 2.05) is 6.08 Å². The molecule has 0 radical (unpaired) electrons. The Labute approximate surface area is 150 Å². The average molecular weight is 349 g/mol. The first-order valence-corrected chi connectivity index (χ1v) is 9.06. The molecule has 1 aromatic rings. The summed E-state index contributed by atoms with van der Waals surface area (Å²) >= 11 is 0. The summed E-state index contributed by atoms with van der Waals surface area (Å²) in [5.74, 6) is 1.81. The number of rotatable bonds is 9. The highest BCUT2D eigenvalue weighted by Gasteiger charge is 2.16. The molecule has 0 saturated carbocycles. The van der Waals surface area contributed by atoms with Crippen LogP contribution in [0.2, 0.25) is 0 Å². The van der Waals surface area contributed by atoms with Gasteiger partial charge in [-0.2, -0.15) is 0 Å². The molecule has 2 heterocycles. The van der Waals surface area contributed by atoms with Crippen molar-refractivity contribution in [3.05, 3.63) is 24.8 Å². The van der Waals surface area contributed by atoms with Crippen molar-refractivity contribution in [1.29, 1.82) is 0 Å². The van der Waals surface area contributed by atoms with Crippen LogP contribution in [-0.4, -0.2) is 77.6 Å². The number of morpholine rings is 1. The summed E-state index contributed by atoms with van der Waals surface area (Å²) in [5, 5.41) is 14.7. The van der Waals surface area contributed by atoms with E-state index in [1.54, 1.807) is 6.33 Å². The minimum Gasteiger partial charge on any atom is -0.379 e. The SMILES string of the molecule is C=CCNC(=NCC(C)N1CCOCC1)NCCn1cnnc1CC. The van der Waals surface area contributed by atoms with E-state index in [2.05, 4.69) is 50.7 Å². The van der Waals surface area contributed by atoms with Crippen molar-refractivity contribution in [3.63, 3.8) is 0 Å². The fourth-order valence-electron chi connectivity index (χ4n) is 2.73. The molecule has 0 amide bonds. The van der Waals surface area contributed by atoms with E-state index in [0.29, 0.717) is 12.6 Å². The molecule has 140 valence electrons. The van der Waals surface area contributed by atoms with Crippen LogP contribution < -0.4 is 10.6 Å². The van der Waals surface area contributed by atoms with Gasteiger partial charge in [0, 0.05) is 45.2 Å². The second kappa shape index (κ2) is 10.8. The Kier molecular flexibility index (Phi) is 8.41. The lowest BCUT2D eigenvalue weighted by Gasteiger charge is -2.31. The fraction of sp³-hybridized carbons (Fsp3) is 0.706. The van der Waals surface area contributed by atoms with Crippen LogP contribution in [0, 0.1) is 0 Å². The molecule has 8 heteroatoms. The second-order valence-corrected chi connectivity index (χ2v) is 6.08. The Morgan fingerprint density at radius 2 is 2.24 bits per heavy atom. The molecule has 1 aliphatic heterocycles. The lowest BCUT2D eigenvalue weighted by Crippen LogP contribution is -2.44. The molecule has 1 fully saturated rings. The monoisotopic (exact) mass is 349 g/mol. The molecule has 2 N–H and O–H groups in total. The second-order valence-electron chi connectivity index (χ2n) is 6.08. The molecule has 0 spiro atoms. The van der Waals surface area contributed by atoms with E-state index in [4.69, 9.17) is 9.73 Å². The highest BCUT2D eigenvalue weighted by molar-refractivity contribution is 5.79. The third-order valence-corrected chi connectivity index (χ3v) is 4.25. The van der Waals surface area contributed by atoms with Gasteiger partial charge in [0.2, 0.25) is 0 Å². The van der Waals surface area contributed by atoms with Crippen molar-refractivity contribution in [2.75, 3.05) is 45.9 Å². The maximum absolute atomic E-state index is 5.41. The molecule has 1 unspecified atom stereocenters. The summed E-state index contributed by atoms with van der Waals surface area (Å²) < 4.78 is 7.47. The summed E-state index contributed by atoms with van der Waals surface area (Å²) in [6, 6.07) is 0.399. The van der Waals surface area contributed by atoms with Crippen molar-refractivity contribution in [1.82, 2.24) is 30.3 Å². The van der Waals surface area contributed by atoms with Gasteiger partial charge in [-0.1, -0.05) is 13.0 Å². The number of guanidine groups is 1. The zero-order valence-electron chi connectivity index (χ0n) is 15.4. The molecule has 8 nitrogen and oxygen atoms in total. The molecule has 2 rings (SSSR count). The van der Waals surface area contributed by atoms with Gasteiger partial charge in [0.25, 0.3) is 0 Å². The Morgan fingerprint density at radius 1 is 1.44 bits per heavy atom. The van der Waals surface area contributed by atoms with Crippen LogP contribution in [0.3, 0.4) is 0 Å². The fourth-order valence-corrected chi connectivity index (χ4v) is 2.73. The van der Waals surface area contributed by atoms with Gasteiger partial charge in [0.15, 0.2) is 5.96 Å². The zero-order valence-corrected chi connectivity index (χ0v) is 15.4. The molecule has 0 aliphatic carbocycles. The Morgan fingerprint density at radius 3 is 2.96 bits per heavy atom. The highest BCUT2D eigenvalue weighted by atomic mass is 16.5. The van der Waals surface area contributed by atoms with Crippen LogP contribution in [0.4, 0.5) is 0 Å². The number of aryl methyl sites for hydroxylation is 1. The number of aliphatic imine (C=N–C) groups is 1. The third kappa shape index (κ3) is 6.47. The molecule has 0 aromatic carbocycles. The Hall–Kier alpha value is -1.93. The lowest BCUT2D eigenvalue weighted by atomic mass is 10.2. The van der Waals surface area contributed by atoms with Crippen LogP contribution in [0.15, 0.2) is 24.0 Å². The van der Waals surface area contributed by atoms with Crippen LogP contribution >= 0.6 is 0 Å². The van der Waals surface area contributed by atoms with E-state index in [9.17, 15) is 0 Å². The highest BCUT2D eigenvalue weighted by Crippen LogP contribution is 2.03. The molecule has 1 atom stereocenters. The van der Waals surface area contributed by atoms with Gasteiger partial charge < -0.3 is 19.9 Å². The van der Waals surface area contributed by atoms with Crippen LogP contribution in [-0.2, 0) is 17.7 Å². The Bertz CT molecular complexity index is 537. The van der Waals surface area contributed by atoms with Gasteiger partial charge in [-0.3, -0.25) is 9.89 Å². The van der Waals surface area contributed by atoms with Crippen LogP contribution in [0.1, 0.15) is 19.7 Å². The van der Waals surface area contributed by atoms with E-state index in [1.165, 1.54) is 0 Å². The summed E-state index contributed by atoms with van der Waals surface area (Å²) in [4.78, 5) is 7.14. The van der Waals surface area contributed by atoms with E-state index < -0.39 is 0 Å². The number of nitrogens with zero attached hydrogens (tertiary/aromatic N) is 5. The molecule has 1 aliphatic rings. The summed E-state index contributed by atoms with van der Waals surface area (Å²) in [5.41, 5.74) is 0. The normalized spacial score (nSPS) is 17.3. The van der Waals surface area contributed by atoms with Gasteiger partial charge in [-0.05, 0) is 6.92 Å². The molecule has 0 bridgehead atoms. The number of ether oxygens (including phenoxy) is 1. The summed E-state index contributed by atoms with van der Waals surface area (Å²) in [6.45, 7) is 14.6. The van der Waals surface area contributed by atoms with Crippen LogP contribution in [0.25, 0.3) is 0 Å².